The van der Waals surface area contributed by atoms with Crippen molar-refractivity contribution in [3.05, 3.63) is 33.3 Å². The molecule has 4 nitrogen and oxygen atoms in total. The van der Waals surface area contributed by atoms with Gasteiger partial charge >= 0.3 is 0 Å². The molecule has 7 heteroatoms. The molecule has 20 heavy (non-hydrogen) atoms. The Bertz CT molecular complexity index is 641. The summed E-state index contributed by atoms with van der Waals surface area (Å²) >= 11 is 12.2. The van der Waals surface area contributed by atoms with Crippen LogP contribution in [0.2, 0.25) is 5.02 Å². The molecule has 0 saturated carbocycles. The van der Waals surface area contributed by atoms with Gasteiger partial charge in [-0.3, -0.25) is 0 Å². The largest absolute Gasteiger partial charge is 0.493 e. The molecule has 0 bridgehead atoms. The summed E-state index contributed by atoms with van der Waals surface area (Å²) in [6.07, 6.45) is 0.818. The molecule has 2 aliphatic rings. The fourth-order valence-electron chi connectivity index (χ4n) is 2.24. The van der Waals surface area contributed by atoms with Gasteiger partial charge in [-0.05, 0) is 31.1 Å². The Morgan fingerprint density at radius 2 is 2.40 bits per heavy atom. The fraction of sp³-hybridized carbons (Fsp3) is 0.308. The average molecular weight is 326 g/mol. The molecular formula is C13H12ClN3OS2. The number of hydrogen-bond donors (Lipinski definition) is 2. The molecule has 0 radical (unpaired) electrons. The Morgan fingerprint density at radius 3 is 3.15 bits per heavy atom. The quantitative estimate of drug-likeness (QED) is 0.645. The number of halogens is 1. The molecule has 1 aromatic rings. The first-order valence-corrected chi connectivity index (χ1v) is 7.73. The second-order valence-corrected chi connectivity index (χ2v) is 6.55. The lowest BCUT2D eigenvalue weighted by Gasteiger charge is -2.14. The number of nitrogens with zero attached hydrogens (tertiary/aromatic N) is 2. The van der Waals surface area contributed by atoms with Gasteiger partial charge in [-0.1, -0.05) is 11.6 Å². The Hall–Kier alpha value is -1.00. The van der Waals surface area contributed by atoms with E-state index in [0.29, 0.717) is 17.2 Å². The molecule has 1 atom stereocenters. The van der Waals surface area contributed by atoms with Gasteiger partial charge in [0.2, 0.25) is 0 Å². The highest BCUT2D eigenvalue weighted by molar-refractivity contribution is 8.02. The molecule has 1 unspecified atom stereocenters. The predicted molar refractivity (Wildman–Crippen MR) is 85.0 cm³/mol. The molecule has 0 fully saturated rings. The molecule has 0 saturated heterocycles. The number of hydrogen-bond acceptors (Lipinski definition) is 6. The summed E-state index contributed by atoms with van der Waals surface area (Å²) in [5.41, 5.74) is 2.49. The van der Waals surface area contributed by atoms with E-state index in [4.69, 9.17) is 16.3 Å². The molecular weight excluding hydrogens is 314 g/mol. The molecule has 2 heterocycles. The molecule has 0 amide bonds. The van der Waals surface area contributed by atoms with E-state index >= 15 is 0 Å². The van der Waals surface area contributed by atoms with Crippen molar-refractivity contribution in [1.82, 2.24) is 4.31 Å². The monoisotopic (exact) mass is 325 g/mol. The van der Waals surface area contributed by atoms with Gasteiger partial charge < -0.3 is 10.1 Å². The predicted octanol–water partition coefficient (Wildman–Crippen LogP) is 3.27. The molecule has 1 aromatic carbocycles. The van der Waals surface area contributed by atoms with Crippen LogP contribution >= 0.6 is 36.2 Å². The van der Waals surface area contributed by atoms with Gasteiger partial charge in [0.25, 0.3) is 0 Å². The first-order valence-electron chi connectivity index (χ1n) is 6.06. The summed E-state index contributed by atoms with van der Waals surface area (Å²) in [7, 11) is 1.90. The highest BCUT2D eigenvalue weighted by atomic mass is 35.5. The van der Waals surface area contributed by atoms with Crippen molar-refractivity contribution in [2.24, 2.45) is 0 Å². The lowest BCUT2D eigenvalue weighted by atomic mass is 10.1. The highest BCUT2D eigenvalue weighted by Gasteiger charge is 2.30. The first kappa shape index (κ1) is 14.0. The number of nitriles is 1. The second-order valence-electron chi connectivity index (χ2n) is 4.49. The second kappa shape index (κ2) is 5.41. The number of ether oxygens (including phenoxy) is 1. The summed E-state index contributed by atoms with van der Waals surface area (Å²) in [6, 6.07) is 5.89. The van der Waals surface area contributed by atoms with Crippen molar-refractivity contribution in [3.63, 3.8) is 0 Å². The summed E-state index contributed by atoms with van der Waals surface area (Å²) in [4.78, 5) is 0. The van der Waals surface area contributed by atoms with Crippen molar-refractivity contribution in [3.8, 4) is 11.8 Å². The van der Waals surface area contributed by atoms with Crippen LogP contribution in [0.3, 0.4) is 0 Å². The van der Waals surface area contributed by atoms with E-state index in [1.54, 1.807) is 0 Å². The minimum atomic E-state index is -0.209. The molecule has 2 aliphatic heterocycles. The van der Waals surface area contributed by atoms with Gasteiger partial charge in [0.15, 0.2) is 0 Å². The number of benzene rings is 1. The van der Waals surface area contributed by atoms with Crippen LogP contribution in [0.25, 0.3) is 0 Å². The Labute approximate surface area is 132 Å². The van der Waals surface area contributed by atoms with Crippen molar-refractivity contribution in [2.75, 3.05) is 19.0 Å². The number of anilines is 1. The van der Waals surface area contributed by atoms with Crippen LogP contribution in [-0.2, 0) is 6.42 Å². The van der Waals surface area contributed by atoms with E-state index < -0.39 is 0 Å². The van der Waals surface area contributed by atoms with Gasteiger partial charge in [-0.15, -0.1) is 0 Å². The van der Waals surface area contributed by atoms with Crippen LogP contribution in [0, 0.1) is 11.3 Å². The molecule has 0 aliphatic carbocycles. The van der Waals surface area contributed by atoms with Gasteiger partial charge in [0.05, 0.1) is 22.9 Å². The van der Waals surface area contributed by atoms with Crippen LogP contribution < -0.4 is 10.1 Å². The standard InChI is InChI=1S/C13H12ClN3OS2/c1-17-13(19)8(6-15)12(20-17)16-11-7-4-5-18-10(7)3-2-9(11)14/h2-3,13,16,19H,4-5H2,1H3. The lowest BCUT2D eigenvalue weighted by molar-refractivity contribution is 0.357. The van der Waals surface area contributed by atoms with Gasteiger partial charge in [-0.25, -0.2) is 4.31 Å². The summed E-state index contributed by atoms with van der Waals surface area (Å²) < 4.78 is 7.46. The van der Waals surface area contributed by atoms with E-state index in [-0.39, 0.29) is 5.37 Å². The van der Waals surface area contributed by atoms with Gasteiger partial charge in [0, 0.05) is 12.0 Å². The van der Waals surface area contributed by atoms with Crippen LogP contribution in [0.5, 0.6) is 5.75 Å². The fourth-order valence-corrected chi connectivity index (χ4v) is 3.77. The van der Waals surface area contributed by atoms with Crippen molar-refractivity contribution < 1.29 is 4.74 Å². The Balaban J connectivity index is 1.99. The molecule has 0 aromatic heterocycles. The number of rotatable bonds is 2. The third-order valence-electron chi connectivity index (χ3n) is 3.27. The van der Waals surface area contributed by atoms with E-state index in [1.807, 2.05) is 23.5 Å². The number of likely N-dealkylation sites (N-methyl/N-ethyl adjacent to an activating group) is 1. The zero-order valence-corrected chi connectivity index (χ0v) is 13.1. The smallest absolute Gasteiger partial charge is 0.124 e. The first-order chi connectivity index (χ1) is 9.61. The maximum atomic E-state index is 9.27. The highest BCUT2D eigenvalue weighted by Crippen LogP contribution is 2.42. The third kappa shape index (κ3) is 2.25. The lowest BCUT2D eigenvalue weighted by Crippen LogP contribution is -2.15. The van der Waals surface area contributed by atoms with E-state index in [2.05, 4.69) is 24.0 Å². The van der Waals surface area contributed by atoms with Crippen molar-refractivity contribution in [2.45, 2.75) is 11.8 Å². The van der Waals surface area contributed by atoms with E-state index in [9.17, 15) is 5.26 Å². The summed E-state index contributed by atoms with van der Waals surface area (Å²) in [5, 5.41) is 13.8. The maximum absolute atomic E-state index is 9.27. The Morgan fingerprint density at radius 1 is 1.60 bits per heavy atom. The molecule has 1 N–H and O–H groups in total. The van der Waals surface area contributed by atoms with Gasteiger partial charge in [-0.2, -0.15) is 17.9 Å². The van der Waals surface area contributed by atoms with Crippen molar-refractivity contribution in [1.29, 1.82) is 5.26 Å². The number of nitrogens with one attached hydrogen (secondary N) is 1. The SMILES string of the molecule is CN1SC(Nc2c(Cl)ccc3c2CCO3)=C(C#N)C1S. The number of thiol groups is 1. The van der Waals surface area contributed by atoms with Crippen LogP contribution in [-0.4, -0.2) is 23.3 Å². The zero-order valence-electron chi connectivity index (χ0n) is 10.7. The van der Waals surface area contributed by atoms with Crippen molar-refractivity contribution >= 4 is 41.9 Å². The Kier molecular flexibility index (Phi) is 3.78. The van der Waals surface area contributed by atoms with Crippen LogP contribution in [0.15, 0.2) is 22.7 Å². The van der Waals surface area contributed by atoms with Crippen LogP contribution in [0.1, 0.15) is 5.56 Å². The average Bonchev–Trinajstić information content (AvgIpc) is 2.99. The summed E-state index contributed by atoms with van der Waals surface area (Å²) in [5.74, 6) is 0.856. The molecule has 0 spiro atoms. The normalized spacial score (nSPS) is 21.6. The maximum Gasteiger partial charge on any atom is 0.124 e. The number of fused-ring (bicyclic) bond motifs is 1. The third-order valence-corrected chi connectivity index (χ3v) is 5.35. The minimum absolute atomic E-state index is 0.209. The zero-order chi connectivity index (χ0) is 14.3. The summed E-state index contributed by atoms with van der Waals surface area (Å²) in [6.45, 7) is 0.663. The van der Waals surface area contributed by atoms with Gasteiger partial charge in [0.1, 0.15) is 22.2 Å². The molecule has 104 valence electrons. The van der Waals surface area contributed by atoms with E-state index in [1.165, 1.54) is 11.9 Å². The topological polar surface area (TPSA) is 48.3 Å². The minimum Gasteiger partial charge on any atom is -0.493 e. The molecule has 3 rings (SSSR count). The van der Waals surface area contributed by atoms with E-state index in [0.717, 1.165) is 28.5 Å². The van der Waals surface area contributed by atoms with Crippen LogP contribution in [0.4, 0.5) is 5.69 Å².